The first kappa shape index (κ1) is 12.3. The number of hydrogen-bond donors (Lipinski definition) is 2. The number of hydrogen-bond acceptors (Lipinski definition) is 3. The van der Waals surface area contributed by atoms with Crippen LogP contribution in [0.1, 0.15) is 23.3 Å². The van der Waals surface area contributed by atoms with E-state index in [-0.39, 0.29) is 12.2 Å². The minimum atomic E-state index is -0.873. The van der Waals surface area contributed by atoms with Crippen molar-refractivity contribution in [2.75, 3.05) is 0 Å². The van der Waals surface area contributed by atoms with Crippen LogP contribution < -0.4 is 0 Å². The molecule has 1 saturated heterocycles. The zero-order valence-electron chi connectivity index (χ0n) is 12.2. The third-order valence-corrected chi connectivity index (χ3v) is 5.53. The van der Waals surface area contributed by atoms with Crippen molar-refractivity contribution < 1.29 is 14.9 Å². The molecule has 0 aromatic heterocycles. The third kappa shape index (κ3) is 1.33. The van der Waals surface area contributed by atoms with Gasteiger partial charge in [-0.05, 0) is 44.2 Å². The summed E-state index contributed by atoms with van der Waals surface area (Å²) in [4.78, 5) is 0. The van der Waals surface area contributed by atoms with Crippen LogP contribution in [0.2, 0.25) is 0 Å². The molecule has 3 aromatic rings. The molecular weight excluding hydrogens is 288 g/mol. The highest BCUT2D eigenvalue weighted by Crippen LogP contribution is 2.58. The van der Waals surface area contributed by atoms with E-state index in [0.717, 1.165) is 11.1 Å². The summed E-state index contributed by atoms with van der Waals surface area (Å²) in [7, 11) is 0. The van der Waals surface area contributed by atoms with Gasteiger partial charge in [-0.1, -0.05) is 48.5 Å². The summed E-state index contributed by atoms with van der Waals surface area (Å²) < 4.78 is 5.70. The van der Waals surface area contributed by atoms with E-state index in [0.29, 0.717) is 0 Å². The van der Waals surface area contributed by atoms with Crippen molar-refractivity contribution in [1.29, 1.82) is 0 Å². The predicted molar refractivity (Wildman–Crippen MR) is 87.0 cm³/mol. The normalized spacial score (nSPS) is 29.1. The van der Waals surface area contributed by atoms with Crippen LogP contribution in [0.15, 0.2) is 48.5 Å². The van der Waals surface area contributed by atoms with Crippen LogP contribution in [0.25, 0.3) is 33.0 Å². The second kappa shape index (κ2) is 3.82. The Morgan fingerprint density at radius 3 is 2.43 bits per heavy atom. The fourth-order valence-corrected chi connectivity index (χ4v) is 4.47. The molecule has 1 heterocycles. The molecular formula is C20H14O3. The highest BCUT2D eigenvalue weighted by atomic mass is 16.6. The third-order valence-electron chi connectivity index (χ3n) is 5.53. The Morgan fingerprint density at radius 1 is 0.826 bits per heavy atom. The molecule has 23 heavy (non-hydrogen) atoms. The Hall–Kier alpha value is -2.20. The average molecular weight is 302 g/mol. The molecule has 3 aliphatic rings. The number of aliphatic hydroxyl groups excluding tert-OH is 2. The zero-order valence-corrected chi connectivity index (χ0v) is 12.2. The topological polar surface area (TPSA) is 53.0 Å². The first-order chi connectivity index (χ1) is 11.3. The minimum absolute atomic E-state index is 0.0945. The molecule has 3 heteroatoms. The fourth-order valence-electron chi connectivity index (χ4n) is 4.47. The van der Waals surface area contributed by atoms with Crippen LogP contribution in [0.5, 0.6) is 0 Å². The number of ether oxygens (including phenoxy) is 1. The molecule has 0 radical (unpaired) electrons. The molecule has 0 bridgehead atoms. The van der Waals surface area contributed by atoms with Gasteiger partial charge in [-0.15, -0.1) is 0 Å². The quantitative estimate of drug-likeness (QED) is 0.490. The van der Waals surface area contributed by atoms with Gasteiger partial charge in [-0.25, -0.2) is 0 Å². The lowest BCUT2D eigenvalue weighted by molar-refractivity contribution is 0.0000418. The molecule has 112 valence electrons. The zero-order chi connectivity index (χ0) is 15.3. The maximum Gasteiger partial charge on any atom is 0.118 e. The van der Waals surface area contributed by atoms with Crippen molar-refractivity contribution in [2.24, 2.45) is 0 Å². The van der Waals surface area contributed by atoms with Gasteiger partial charge in [0.15, 0.2) is 0 Å². The minimum Gasteiger partial charge on any atom is -0.387 e. The second-order valence-electron chi connectivity index (χ2n) is 6.66. The summed E-state index contributed by atoms with van der Waals surface area (Å²) in [6, 6.07) is 16.8. The molecule has 0 saturated carbocycles. The summed E-state index contributed by atoms with van der Waals surface area (Å²) in [5.74, 6) is 0. The van der Waals surface area contributed by atoms with Crippen LogP contribution in [-0.2, 0) is 4.74 Å². The lowest BCUT2D eigenvalue weighted by Crippen LogP contribution is -2.29. The molecule has 3 aromatic carbocycles. The van der Waals surface area contributed by atoms with E-state index < -0.39 is 12.2 Å². The number of epoxide rings is 1. The monoisotopic (exact) mass is 302 g/mol. The highest BCUT2D eigenvalue weighted by molar-refractivity contribution is 6.16. The molecule has 0 spiro atoms. The molecule has 2 aliphatic carbocycles. The van der Waals surface area contributed by atoms with Crippen molar-refractivity contribution in [3.05, 3.63) is 59.7 Å². The van der Waals surface area contributed by atoms with Gasteiger partial charge in [-0.2, -0.15) is 0 Å². The number of rotatable bonds is 0. The van der Waals surface area contributed by atoms with Crippen LogP contribution in [0, 0.1) is 0 Å². The smallest absolute Gasteiger partial charge is 0.118 e. The standard InChI is InChI=1S/C20H14O3/c21-17-13-8-7-11-10-5-1-3-9-4-2-6-12(14(9)10)15(11)16(13)19-20(23-19)18(17)22/h1-8,17-22H/t17-,18+,19?,20-/m0/s1. The van der Waals surface area contributed by atoms with E-state index in [4.69, 9.17) is 4.74 Å². The van der Waals surface area contributed by atoms with Gasteiger partial charge in [-0.3, -0.25) is 0 Å². The molecule has 6 rings (SSSR count). The molecule has 3 nitrogen and oxygen atoms in total. The van der Waals surface area contributed by atoms with Gasteiger partial charge in [0.25, 0.3) is 0 Å². The Balaban J connectivity index is 1.76. The Kier molecular flexibility index (Phi) is 2.03. The van der Waals surface area contributed by atoms with Crippen molar-refractivity contribution >= 4 is 10.8 Å². The van der Waals surface area contributed by atoms with Gasteiger partial charge >= 0.3 is 0 Å². The van der Waals surface area contributed by atoms with Gasteiger partial charge in [0.1, 0.15) is 24.4 Å². The van der Waals surface area contributed by atoms with Gasteiger partial charge in [0.05, 0.1) is 0 Å². The first-order valence-corrected chi connectivity index (χ1v) is 7.96. The summed E-state index contributed by atoms with van der Waals surface area (Å²) in [6.07, 6.45) is -2.07. The molecule has 1 fully saturated rings. The van der Waals surface area contributed by atoms with Crippen LogP contribution in [0.3, 0.4) is 0 Å². The van der Waals surface area contributed by atoms with Crippen molar-refractivity contribution in [3.8, 4) is 22.3 Å². The SMILES string of the molecule is O[C@H]1[C@@H]2OC2c2c(ccc3c2-c2cccc4cccc-3c24)[C@@H]1O. The largest absolute Gasteiger partial charge is 0.387 e. The van der Waals surface area contributed by atoms with Crippen molar-refractivity contribution in [1.82, 2.24) is 0 Å². The van der Waals surface area contributed by atoms with Gasteiger partial charge in [0, 0.05) is 0 Å². The maximum absolute atomic E-state index is 10.4. The van der Waals surface area contributed by atoms with Crippen LogP contribution in [-0.4, -0.2) is 22.4 Å². The van der Waals surface area contributed by atoms with Gasteiger partial charge < -0.3 is 14.9 Å². The fraction of sp³-hybridized carbons (Fsp3) is 0.200. The van der Waals surface area contributed by atoms with Crippen LogP contribution >= 0.6 is 0 Å². The van der Waals surface area contributed by atoms with E-state index in [9.17, 15) is 10.2 Å². The van der Waals surface area contributed by atoms with Gasteiger partial charge in [0.2, 0.25) is 0 Å². The summed E-state index contributed by atoms with van der Waals surface area (Å²) in [5.41, 5.74) is 6.70. The van der Waals surface area contributed by atoms with Crippen molar-refractivity contribution in [2.45, 2.75) is 24.4 Å². The van der Waals surface area contributed by atoms with Crippen LogP contribution in [0.4, 0.5) is 0 Å². The maximum atomic E-state index is 10.4. The average Bonchev–Trinajstić information content (AvgIpc) is 3.32. The molecule has 1 unspecified atom stereocenters. The van der Waals surface area contributed by atoms with Crippen molar-refractivity contribution in [3.63, 3.8) is 0 Å². The molecule has 2 N–H and O–H groups in total. The molecule has 0 amide bonds. The number of fused-ring (bicyclic) bond motifs is 7. The number of aliphatic hydroxyl groups is 2. The Bertz CT molecular complexity index is 1000. The van der Waals surface area contributed by atoms with E-state index in [1.807, 2.05) is 6.07 Å². The number of benzene rings is 3. The highest BCUT2D eigenvalue weighted by Gasteiger charge is 2.55. The summed E-state index contributed by atoms with van der Waals surface area (Å²) in [6.45, 7) is 0. The lowest BCUT2D eigenvalue weighted by Gasteiger charge is -2.25. The summed E-state index contributed by atoms with van der Waals surface area (Å²) >= 11 is 0. The van der Waals surface area contributed by atoms with E-state index in [1.54, 1.807) is 0 Å². The first-order valence-electron chi connectivity index (χ1n) is 7.96. The van der Waals surface area contributed by atoms with E-state index in [2.05, 4.69) is 42.5 Å². The second-order valence-corrected chi connectivity index (χ2v) is 6.66. The van der Waals surface area contributed by atoms with E-state index >= 15 is 0 Å². The predicted octanol–water partition coefficient (Wildman–Crippen LogP) is 3.34. The Morgan fingerprint density at radius 2 is 1.61 bits per heavy atom. The Labute approximate surface area is 132 Å². The summed E-state index contributed by atoms with van der Waals surface area (Å²) in [5, 5.41) is 23.1. The van der Waals surface area contributed by atoms with E-state index in [1.165, 1.54) is 33.0 Å². The lowest BCUT2D eigenvalue weighted by atomic mass is 9.82. The molecule has 4 atom stereocenters. The molecule has 1 aliphatic heterocycles.